The van der Waals surface area contributed by atoms with E-state index < -0.39 is 64.5 Å². The molecule has 13 heteroatoms. The van der Waals surface area contributed by atoms with Gasteiger partial charge in [-0.05, 0) is 24.3 Å². The molecule has 0 amide bonds. The van der Waals surface area contributed by atoms with E-state index in [0.717, 1.165) is 0 Å². The van der Waals surface area contributed by atoms with Gasteiger partial charge < -0.3 is 45.0 Å². The van der Waals surface area contributed by atoms with E-state index in [-0.39, 0.29) is 11.5 Å². The Bertz CT molecular complexity index is 655. The molecule has 0 saturated carbocycles. The zero-order valence-electron chi connectivity index (χ0n) is 14.5. The van der Waals surface area contributed by atoms with Gasteiger partial charge in [-0.1, -0.05) is 0 Å². The van der Waals surface area contributed by atoms with Crippen LogP contribution in [0.15, 0.2) is 24.3 Å². The van der Waals surface area contributed by atoms with Gasteiger partial charge >= 0.3 is 7.82 Å². The number of phosphoric ester groups is 1. The predicted octanol–water partition coefficient (Wildman–Crippen LogP) is -1.93. The Morgan fingerprint density at radius 1 is 1.07 bits per heavy atom. The molecule has 0 spiro atoms. The highest BCUT2D eigenvalue weighted by atomic mass is 31.2. The molecule has 0 bridgehead atoms. The molecule has 0 aliphatic carbocycles. The van der Waals surface area contributed by atoms with Crippen LogP contribution in [-0.4, -0.2) is 92.2 Å². The van der Waals surface area contributed by atoms with Crippen molar-refractivity contribution in [1.29, 1.82) is 0 Å². The van der Waals surface area contributed by atoms with Crippen molar-refractivity contribution in [3.63, 3.8) is 0 Å². The lowest BCUT2D eigenvalue weighted by molar-refractivity contribution is -0.276. The minimum absolute atomic E-state index is 0.0239. The highest BCUT2D eigenvalue weighted by molar-refractivity contribution is 7.47. The van der Waals surface area contributed by atoms with Gasteiger partial charge in [-0.2, -0.15) is 0 Å². The zero-order chi connectivity index (χ0) is 20.9. The molecule has 1 aromatic carbocycles. The van der Waals surface area contributed by atoms with Crippen LogP contribution in [0.3, 0.4) is 0 Å². The fourth-order valence-corrected chi connectivity index (χ4v) is 3.02. The second-order valence-corrected chi connectivity index (χ2v) is 7.48. The smallest absolute Gasteiger partial charge is 0.472 e. The Kier molecular flexibility index (Phi) is 8.16. The van der Waals surface area contributed by atoms with E-state index in [4.69, 9.17) is 19.7 Å². The summed E-state index contributed by atoms with van der Waals surface area (Å²) in [7, 11) is -4.65. The maximum Gasteiger partial charge on any atom is 0.472 e. The summed E-state index contributed by atoms with van der Waals surface area (Å²) in [5, 5.41) is 57.0. The normalized spacial score (nSPS) is 31.1. The van der Waals surface area contributed by atoms with Gasteiger partial charge in [0.15, 0.2) is 0 Å². The third-order valence-corrected chi connectivity index (χ3v) is 4.75. The summed E-state index contributed by atoms with van der Waals surface area (Å²) in [4.78, 5) is 9.54. The number of benzene rings is 1. The van der Waals surface area contributed by atoms with Crippen molar-refractivity contribution in [3.05, 3.63) is 24.3 Å². The number of aliphatic hydroxyl groups is 5. The minimum Gasteiger partial charge on any atom is -0.508 e. The lowest BCUT2D eigenvalue weighted by Crippen LogP contribution is -2.60. The van der Waals surface area contributed by atoms with Crippen LogP contribution in [0.4, 0.5) is 0 Å². The van der Waals surface area contributed by atoms with Gasteiger partial charge in [0, 0.05) is 0 Å². The van der Waals surface area contributed by atoms with Crippen molar-refractivity contribution in [3.8, 4) is 11.5 Å². The fraction of sp³-hybridized carbons (Fsp3) is 0.600. The standard InChI is InChI=1S/C15H23O12P/c16-5-9(18)6-24-28(22,23)25-7-11-12(19)13(20)14(21)15(27-11)26-10-3-1-8(17)2-4-10/h1-4,9,11-21H,5-7H2,(H,22,23)/t9?,11-,12-,13+,14-,15-/m1/s1. The van der Waals surface area contributed by atoms with Crippen LogP contribution in [0.5, 0.6) is 11.5 Å². The van der Waals surface area contributed by atoms with Crippen molar-refractivity contribution in [2.45, 2.75) is 36.8 Å². The average Bonchev–Trinajstić information content (AvgIpc) is 2.67. The molecule has 12 nitrogen and oxygen atoms in total. The van der Waals surface area contributed by atoms with Crippen LogP contribution in [0.1, 0.15) is 0 Å². The quantitative estimate of drug-likeness (QED) is 0.216. The molecule has 7 N–H and O–H groups in total. The van der Waals surface area contributed by atoms with Gasteiger partial charge in [0.2, 0.25) is 6.29 Å². The molecule has 1 aliphatic rings. The minimum atomic E-state index is -4.65. The summed E-state index contributed by atoms with van der Waals surface area (Å²) in [6, 6.07) is 5.38. The molecular weight excluding hydrogens is 403 g/mol. The molecule has 1 aliphatic heterocycles. The van der Waals surface area contributed by atoms with Crippen molar-refractivity contribution >= 4 is 7.82 Å². The molecule has 2 rings (SSSR count). The number of hydrogen-bond donors (Lipinski definition) is 7. The number of ether oxygens (including phenoxy) is 2. The van der Waals surface area contributed by atoms with Gasteiger partial charge in [-0.15, -0.1) is 0 Å². The molecule has 1 heterocycles. The molecule has 7 atom stereocenters. The number of phosphoric acid groups is 1. The third kappa shape index (κ3) is 6.36. The van der Waals surface area contributed by atoms with Gasteiger partial charge in [0.05, 0.1) is 19.8 Å². The largest absolute Gasteiger partial charge is 0.508 e. The summed E-state index contributed by atoms with van der Waals surface area (Å²) >= 11 is 0. The molecule has 0 radical (unpaired) electrons. The SMILES string of the molecule is O=P(O)(OCC(O)CO)OC[C@H]1O[C@@H](Oc2ccc(O)cc2)[C@H](O)[C@@H](O)[C@@H]1O. The molecule has 0 aromatic heterocycles. The number of phenolic OH excluding ortho intramolecular Hbond substituents is 1. The summed E-state index contributed by atoms with van der Waals surface area (Å²) in [6.07, 6.45) is -9.23. The molecule has 28 heavy (non-hydrogen) atoms. The van der Waals surface area contributed by atoms with Gasteiger partial charge in [-0.3, -0.25) is 9.05 Å². The second-order valence-electron chi connectivity index (χ2n) is 6.02. The number of rotatable bonds is 9. The van der Waals surface area contributed by atoms with Crippen LogP contribution in [0, 0.1) is 0 Å². The first-order valence-corrected chi connectivity index (χ1v) is 9.68. The van der Waals surface area contributed by atoms with Gasteiger partial charge in [-0.25, -0.2) is 4.57 Å². The van der Waals surface area contributed by atoms with Gasteiger partial charge in [0.1, 0.15) is 42.0 Å². The van der Waals surface area contributed by atoms with E-state index >= 15 is 0 Å². The monoisotopic (exact) mass is 426 g/mol. The molecule has 1 saturated heterocycles. The van der Waals surface area contributed by atoms with E-state index in [9.17, 15) is 29.9 Å². The number of aliphatic hydroxyl groups excluding tert-OH is 5. The Morgan fingerprint density at radius 2 is 1.71 bits per heavy atom. The Hall–Kier alpha value is -1.31. The number of hydrogen-bond acceptors (Lipinski definition) is 11. The Balaban J connectivity index is 1.97. The summed E-state index contributed by atoms with van der Waals surface area (Å²) in [5.74, 6) is 0.156. The third-order valence-electron chi connectivity index (χ3n) is 3.80. The topological polar surface area (TPSA) is 196 Å². The highest BCUT2D eigenvalue weighted by Gasteiger charge is 2.45. The molecule has 1 fully saturated rings. The summed E-state index contributed by atoms with van der Waals surface area (Å²) < 4.78 is 31.5. The predicted molar refractivity (Wildman–Crippen MR) is 90.2 cm³/mol. The Morgan fingerprint density at radius 3 is 2.32 bits per heavy atom. The fourth-order valence-electron chi connectivity index (χ4n) is 2.25. The lowest BCUT2D eigenvalue weighted by Gasteiger charge is -2.40. The van der Waals surface area contributed by atoms with E-state index in [1.165, 1.54) is 24.3 Å². The first-order valence-electron chi connectivity index (χ1n) is 8.19. The van der Waals surface area contributed by atoms with Crippen LogP contribution < -0.4 is 4.74 Å². The summed E-state index contributed by atoms with van der Waals surface area (Å²) in [6.45, 7) is -2.08. The molecule has 2 unspecified atom stereocenters. The Labute approximate surface area is 159 Å². The molecular formula is C15H23O12P. The zero-order valence-corrected chi connectivity index (χ0v) is 15.4. The molecule has 160 valence electrons. The highest BCUT2D eigenvalue weighted by Crippen LogP contribution is 2.44. The second kappa shape index (κ2) is 9.94. The summed E-state index contributed by atoms with van der Waals surface area (Å²) in [5.41, 5.74) is 0. The van der Waals surface area contributed by atoms with Crippen LogP contribution in [0.25, 0.3) is 0 Å². The maximum atomic E-state index is 11.7. The van der Waals surface area contributed by atoms with E-state index in [0.29, 0.717) is 0 Å². The molecule has 1 aromatic rings. The van der Waals surface area contributed by atoms with Crippen molar-refractivity contribution < 1.29 is 58.6 Å². The van der Waals surface area contributed by atoms with Crippen LogP contribution in [-0.2, 0) is 18.3 Å². The number of phenols is 1. The first-order chi connectivity index (χ1) is 13.1. The van der Waals surface area contributed by atoms with Crippen LogP contribution >= 0.6 is 7.82 Å². The first kappa shape index (κ1) is 23.0. The van der Waals surface area contributed by atoms with Crippen molar-refractivity contribution in [1.82, 2.24) is 0 Å². The van der Waals surface area contributed by atoms with Crippen molar-refractivity contribution in [2.75, 3.05) is 19.8 Å². The van der Waals surface area contributed by atoms with Crippen LogP contribution in [0.2, 0.25) is 0 Å². The van der Waals surface area contributed by atoms with E-state index in [1.54, 1.807) is 0 Å². The van der Waals surface area contributed by atoms with Crippen molar-refractivity contribution in [2.24, 2.45) is 0 Å². The van der Waals surface area contributed by atoms with E-state index in [1.807, 2.05) is 0 Å². The maximum absolute atomic E-state index is 11.7. The number of aromatic hydroxyl groups is 1. The average molecular weight is 426 g/mol. The lowest BCUT2D eigenvalue weighted by atomic mass is 9.99. The van der Waals surface area contributed by atoms with E-state index in [2.05, 4.69) is 9.05 Å². The van der Waals surface area contributed by atoms with Gasteiger partial charge in [0.25, 0.3) is 0 Å².